The second-order valence-corrected chi connectivity index (χ2v) is 10.4. The Morgan fingerprint density at radius 2 is 1.97 bits per heavy atom. The number of benzene rings is 1. The zero-order valence-electron chi connectivity index (χ0n) is 18.5. The number of amides is 2. The number of aryl methyl sites for hydroxylation is 1. The second-order valence-electron chi connectivity index (χ2n) is 7.99. The molecule has 0 aliphatic carbocycles. The molecule has 0 saturated carbocycles. The lowest BCUT2D eigenvalue weighted by molar-refractivity contribution is -0.129. The third-order valence-corrected chi connectivity index (χ3v) is 7.47. The molecule has 1 aromatic carbocycles. The van der Waals surface area contributed by atoms with Crippen molar-refractivity contribution in [2.24, 2.45) is 0 Å². The fourth-order valence-electron chi connectivity index (χ4n) is 3.69. The van der Waals surface area contributed by atoms with Gasteiger partial charge in [-0.25, -0.2) is 0 Å². The number of fused-ring (bicyclic) bond motifs is 1. The predicted molar refractivity (Wildman–Crippen MR) is 126 cm³/mol. The maximum absolute atomic E-state index is 13.5. The van der Waals surface area contributed by atoms with Gasteiger partial charge in [-0.2, -0.15) is 0 Å². The van der Waals surface area contributed by atoms with Gasteiger partial charge in [-0.1, -0.05) is 41.3 Å². The Balaban J connectivity index is 1.52. The molecule has 1 aliphatic rings. The lowest BCUT2D eigenvalue weighted by Crippen LogP contribution is -2.39. The maximum Gasteiger partial charge on any atom is 0.289 e. The summed E-state index contributed by atoms with van der Waals surface area (Å²) in [5.41, 5.74) is 1.61. The Labute approximate surface area is 195 Å². The quantitative estimate of drug-likeness (QED) is 0.509. The Morgan fingerprint density at radius 1 is 1.16 bits per heavy atom. The molecule has 0 radical (unpaired) electrons. The van der Waals surface area contributed by atoms with Crippen LogP contribution in [0.5, 0.6) is 0 Å². The SMILES string of the molecule is Cc1nnc(SCc2c(C(=O)N3CCCN(CC(=O)N(C)C)CC3)oc3ccccc23)s1. The lowest BCUT2D eigenvalue weighted by atomic mass is 10.1. The van der Waals surface area contributed by atoms with E-state index in [1.807, 2.05) is 36.1 Å². The number of furan rings is 1. The van der Waals surface area contributed by atoms with E-state index in [9.17, 15) is 9.59 Å². The first-order valence-electron chi connectivity index (χ1n) is 10.6. The molecule has 1 saturated heterocycles. The molecule has 1 fully saturated rings. The number of nitrogens with zero attached hydrogens (tertiary/aromatic N) is 5. The van der Waals surface area contributed by atoms with E-state index in [1.165, 1.54) is 0 Å². The minimum absolute atomic E-state index is 0.0771. The Morgan fingerprint density at radius 3 is 2.72 bits per heavy atom. The second kappa shape index (κ2) is 10.0. The van der Waals surface area contributed by atoms with E-state index < -0.39 is 0 Å². The van der Waals surface area contributed by atoms with Crippen molar-refractivity contribution in [1.82, 2.24) is 24.9 Å². The molecule has 10 heteroatoms. The minimum Gasteiger partial charge on any atom is -0.451 e. The van der Waals surface area contributed by atoms with Crippen molar-refractivity contribution in [3.63, 3.8) is 0 Å². The van der Waals surface area contributed by atoms with Gasteiger partial charge in [0.15, 0.2) is 10.1 Å². The van der Waals surface area contributed by atoms with Crippen molar-refractivity contribution in [2.75, 3.05) is 46.8 Å². The van der Waals surface area contributed by atoms with Crippen LogP contribution in [0.2, 0.25) is 0 Å². The van der Waals surface area contributed by atoms with Crippen LogP contribution in [0.15, 0.2) is 33.0 Å². The molecule has 8 nitrogen and oxygen atoms in total. The zero-order valence-corrected chi connectivity index (χ0v) is 20.2. The van der Waals surface area contributed by atoms with Gasteiger partial charge >= 0.3 is 0 Å². The van der Waals surface area contributed by atoms with Crippen LogP contribution < -0.4 is 0 Å². The van der Waals surface area contributed by atoms with Crippen LogP contribution in [0.4, 0.5) is 0 Å². The monoisotopic (exact) mass is 473 g/mol. The van der Waals surface area contributed by atoms with Crippen molar-refractivity contribution in [1.29, 1.82) is 0 Å². The highest BCUT2D eigenvalue weighted by Gasteiger charge is 2.27. The van der Waals surface area contributed by atoms with Crippen LogP contribution >= 0.6 is 23.1 Å². The Hall–Kier alpha value is -2.43. The van der Waals surface area contributed by atoms with Crippen molar-refractivity contribution >= 4 is 45.9 Å². The molecule has 2 aromatic heterocycles. The van der Waals surface area contributed by atoms with Crippen molar-refractivity contribution in [3.05, 3.63) is 40.6 Å². The number of carbonyl (C=O) groups is 2. The molecule has 0 atom stereocenters. The van der Waals surface area contributed by atoms with Gasteiger partial charge in [0, 0.05) is 57.0 Å². The maximum atomic E-state index is 13.5. The fourth-order valence-corrected chi connectivity index (χ4v) is 5.54. The molecule has 3 aromatic rings. The van der Waals surface area contributed by atoms with E-state index in [-0.39, 0.29) is 11.8 Å². The summed E-state index contributed by atoms with van der Waals surface area (Å²) in [7, 11) is 3.53. The van der Waals surface area contributed by atoms with Crippen molar-refractivity contribution in [3.8, 4) is 0 Å². The van der Waals surface area contributed by atoms with Crippen LogP contribution in [0.25, 0.3) is 11.0 Å². The smallest absolute Gasteiger partial charge is 0.289 e. The molecule has 170 valence electrons. The Bertz CT molecular complexity index is 1110. The predicted octanol–water partition coefficient (Wildman–Crippen LogP) is 3.12. The topological polar surface area (TPSA) is 82.8 Å². The third kappa shape index (κ3) is 5.13. The summed E-state index contributed by atoms with van der Waals surface area (Å²) in [4.78, 5) is 31.1. The van der Waals surface area contributed by atoms with Crippen LogP contribution in [-0.4, -0.2) is 83.5 Å². The molecule has 0 bridgehead atoms. The van der Waals surface area contributed by atoms with Crippen LogP contribution in [-0.2, 0) is 10.5 Å². The molecule has 3 heterocycles. The van der Waals surface area contributed by atoms with E-state index in [0.717, 1.165) is 33.3 Å². The normalized spacial score (nSPS) is 15.2. The first-order valence-corrected chi connectivity index (χ1v) is 12.4. The number of carbonyl (C=O) groups excluding carboxylic acids is 2. The molecular formula is C22H27N5O3S2. The summed E-state index contributed by atoms with van der Waals surface area (Å²) in [5.74, 6) is 0.973. The summed E-state index contributed by atoms with van der Waals surface area (Å²) >= 11 is 3.12. The molecular weight excluding hydrogens is 446 g/mol. The molecule has 4 rings (SSSR count). The van der Waals surface area contributed by atoms with Crippen molar-refractivity contribution < 1.29 is 14.0 Å². The van der Waals surface area contributed by atoms with E-state index in [2.05, 4.69) is 15.1 Å². The van der Waals surface area contributed by atoms with E-state index in [0.29, 0.717) is 43.3 Å². The summed E-state index contributed by atoms with van der Waals surface area (Å²) in [6.45, 7) is 4.98. The summed E-state index contributed by atoms with van der Waals surface area (Å²) < 4.78 is 6.94. The Kier molecular flexibility index (Phi) is 7.12. The summed E-state index contributed by atoms with van der Waals surface area (Å²) in [5, 5.41) is 10.1. The number of aromatic nitrogens is 2. The van der Waals surface area contributed by atoms with E-state index in [4.69, 9.17) is 4.42 Å². The van der Waals surface area contributed by atoms with Crippen LogP contribution in [0.3, 0.4) is 0 Å². The van der Waals surface area contributed by atoms with Gasteiger partial charge in [-0.15, -0.1) is 10.2 Å². The molecule has 32 heavy (non-hydrogen) atoms. The van der Waals surface area contributed by atoms with E-state index >= 15 is 0 Å². The van der Waals surface area contributed by atoms with Gasteiger partial charge in [-0.3, -0.25) is 14.5 Å². The summed E-state index contributed by atoms with van der Waals surface area (Å²) in [6, 6.07) is 7.76. The number of likely N-dealkylation sites (N-methyl/N-ethyl adjacent to an activating group) is 1. The van der Waals surface area contributed by atoms with Gasteiger partial charge in [0.25, 0.3) is 5.91 Å². The number of hydrogen-bond donors (Lipinski definition) is 0. The van der Waals surface area contributed by atoms with Crippen LogP contribution in [0, 0.1) is 6.92 Å². The first-order chi connectivity index (χ1) is 15.4. The molecule has 2 amide bonds. The highest BCUT2D eigenvalue weighted by Crippen LogP contribution is 2.33. The molecule has 0 unspecified atom stereocenters. The standard InChI is InChI=1S/C22H27N5O3S2/c1-15-23-24-22(32-15)31-14-17-16-7-4-5-8-18(16)30-20(17)21(29)27-10-6-9-26(11-12-27)13-19(28)25(2)3/h4-5,7-8H,6,9-14H2,1-3H3. The highest BCUT2D eigenvalue weighted by molar-refractivity contribution is 8.00. The van der Waals surface area contributed by atoms with Gasteiger partial charge in [0.2, 0.25) is 5.91 Å². The van der Waals surface area contributed by atoms with Gasteiger partial charge in [0.1, 0.15) is 10.6 Å². The largest absolute Gasteiger partial charge is 0.451 e. The number of hydrogen-bond acceptors (Lipinski definition) is 8. The average molecular weight is 474 g/mol. The first kappa shape index (κ1) is 22.8. The molecule has 0 spiro atoms. The third-order valence-electron chi connectivity index (χ3n) is 5.47. The number of para-hydroxylation sites is 1. The zero-order chi connectivity index (χ0) is 22.7. The lowest BCUT2D eigenvalue weighted by Gasteiger charge is -2.22. The number of rotatable bonds is 6. The van der Waals surface area contributed by atoms with Gasteiger partial charge < -0.3 is 14.2 Å². The highest BCUT2D eigenvalue weighted by atomic mass is 32.2. The number of thioether (sulfide) groups is 1. The van der Waals surface area contributed by atoms with Gasteiger partial charge in [-0.05, 0) is 19.4 Å². The average Bonchev–Trinajstić information content (AvgIpc) is 3.28. The fraction of sp³-hybridized carbons (Fsp3) is 0.455. The summed E-state index contributed by atoms with van der Waals surface area (Å²) in [6.07, 6.45) is 0.820. The minimum atomic E-state index is -0.0916. The van der Waals surface area contributed by atoms with E-state index in [1.54, 1.807) is 42.1 Å². The van der Waals surface area contributed by atoms with Crippen molar-refractivity contribution in [2.45, 2.75) is 23.4 Å². The molecule has 0 N–H and O–H groups in total. The van der Waals surface area contributed by atoms with Gasteiger partial charge in [0.05, 0.1) is 6.54 Å². The molecule has 1 aliphatic heterocycles. The van der Waals surface area contributed by atoms with Crippen LogP contribution in [0.1, 0.15) is 27.5 Å².